The van der Waals surface area contributed by atoms with Gasteiger partial charge in [-0.3, -0.25) is 9.59 Å². The van der Waals surface area contributed by atoms with Crippen molar-refractivity contribution in [3.63, 3.8) is 0 Å². The largest absolute Gasteiger partial charge is 0.347 e. The number of hydrogen-bond acceptors (Lipinski definition) is 4. The Bertz CT molecular complexity index is 901. The number of benzene rings is 1. The third-order valence-corrected chi connectivity index (χ3v) is 6.16. The molecule has 1 aromatic carbocycles. The average molecular weight is 393 g/mol. The summed E-state index contributed by atoms with van der Waals surface area (Å²) in [5.41, 5.74) is 0.634. The molecular weight excluding hydrogens is 366 g/mol. The molecule has 1 saturated heterocycles. The zero-order chi connectivity index (χ0) is 19.8. The number of amides is 2. The van der Waals surface area contributed by atoms with Crippen LogP contribution in [0.2, 0.25) is 0 Å². The molecule has 0 bridgehead atoms. The van der Waals surface area contributed by atoms with E-state index in [1.165, 1.54) is 25.7 Å². The van der Waals surface area contributed by atoms with Crippen molar-refractivity contribution in [1.29, 1.82) is 0 Å². The van der Waals surface area contributed by atoms with Crippen molar-refractivity contribution in [2.75, 3.05) is 6.54 Å². The molecule has 2 heterocycles. The number of likely N-dealkylation sites (tertiary alicyclic amines) is 1. The molecule has 152 valence electrons. The highest BCUT2D eigenvalue weighted by Gasteiger charge is 2.37. The predicted octanol–water partition coefficient (Wildman–Crippen LogP) is 2.80. The van der Waals surface area contributed by atoms with Gasteiger partial charge in [0.2, 0.25) is 5.91 Å². The topological polar surface area (TPSA) is 80.1 Å². The van der Waals surface area contributed by atoms with Gasteiger partial charge in [-0.15, -0.1) is 10.2 Å². The van der Waals surface area contributed by atoms with Crippen molar-refractivity contribution in [2.24, 2.45) is 0 Å². The van der Waals surface area contributed by atoms with E-state index in [4.69, 9.17) is 0 Å². The maximum absolute atomic E-state index is 13.0. The summed E-state index contributed by atoms with van der Waals surface area (Å²) < 4.78 is 2.26. The van der Waals surface area contributed by atoms with Gasteiger partial charge < -0.3 is 14.8 Å². The van der Waals surface area contributed by atoms with Crippen molar-refractivity contribution in [3.8, 4) is 0 Å². The number of rotatable bonds is 6. The van der Waals surface area contributed by atoms with Crippen molar-refractivity contribution in [1.82, 2.24) is 25.0 Å². The summed E-state index contributed by atoms with van der Waals surface area (Å²) in [4.78, 5) is 27.7. The molecule has 2 aliphatic carbocycles. The normalized spacial score (nSPS) is 21.8. The summed E-state index contributed by atoms with van der Waals surface area (Å²) in [5, 5.41) is 11.8. The van der Waals surface area contributed by atoms with Gasteiger partial charge in [-0.05, 0) is 57.1 Å². The minimum atomic E-state index is -0.420. The van der Waals surface area contributed by atoms with E-state index in [0.29, 0.717) is 37.0 Å². The first-order valence-corrected chi connectivity index (χ1v) is 10.8. The highest BCUT2D eigenvalue weighted by molar-refractivity contribution is 5.97. The molecule has 29 heavy (non-hydrogen) atoms. The van der Waals surface area contributed by atoms with E-state index in [1.807, 2.05) is 30.3 Å². The third kappa shape index (κ3) is 3.78. The molecule has 1 N–H and O–H groups in total. The molecule has 7 nitrogen and oxygen atoms in total. The molecule has 2 aromatic rings. The highest BCUT2D eigenvalue weighted by atomic mass is 16.2. The Morgan fingerprint density at radius 1 is 1.00 bits per heavy atom. The minimum Gasteiger partial charge on any atom is -0.347 e. The van der Waals surface area contributed by atoms with Crippen LogP contribution >= 0.6 is 0 Å². The summed E-state index contributed by atoms with van der Waals surface area (Å²) in [5.74, 6) is 2.33. The van der Waals surface area contributed by atoms with E-state index in [1.54, 1.807) is 4.90 Å². The zero-order valence-electron chi connectivity index (χ0n) is 16.6. The molecular formula is C22H27N5O2. The number of carbonyl (C=O) groups excluding carboxylic acids is 2. The lowest BCUT2D eigenvalue weighted by atomic mass is 10.00. The van der Waals surface area contributed by atoms with Crippen molar-refractivity contribution in [3.05, 3.63) is 47.5 Å². The van der Waals surface area contributed by atoms with Crippen LogP contribution in [0.3, 0.4) is 0 Å². The number of hydrogen-bond donors (Lipinski definition) is 1. The molecule has 0 radical (unpaired) electrons. The first-order valence-electron chi connectivity index (χ1n) is 10.8. The standard InChI is InChI=1S/C22H27N5O2/c28-21(18-8-4-5-13-26(18)22(29)16-6-2-1-3-7-16)23-14-19-24-25-20(15-9-10-15)27(19)17-11-12-17/h1-3,6-7,15,17-18H,4-5,8-14H2,(H,23,28). The Balaban J connectivity index is 1.28. The second kappa shape index (κ2) is 7.61. The molecule has 1 aliphatic heterocycles. The molecule has 3 fully saturated rings. The van der Waals surface area contributed by atoms with E-state index < -0.39 is 6.04 Å². The predicted molar refractivity (Wildman–Crippen MR) is 107 cm³/mol. The highest BCUT2D eigenvalue weighted by Crippen LogP contribution is 2.44. The Morgan fingerprint density at radius 2 is 1.79 bits per heavy atom. The van der Waals surface area contributed by atoms with Gasteiger partial charge in [0.15, 0.2) is 5.82 Å². The Kier molecular flexibility index (Phi) is 4.81. The lowest BCUT2D eigenvalue weighted by Crippen LogP contribution is -2.51. The molecule has 5 rings (SSSR count). The van der Waals surface area contributed by atoms with Crippen LogP contribution in [-0.2, 0) is 11.3 Å². The van der Waals surface area contributed by atoms with E-state index >= 15 is 0 Å². The van der Waals surface area contributed by atoms with Gasteiger partial charge in [-0.25, -0.2) is 0 Å². The number of carbonyl (C=O) groups is 2. The van der Waals surface area contributed by atoms with Gasteiger partial charge in [-0.2, -0.15) is 0 Å². The van der Waals surface area contributed by atoms with Crippen molar-refractivity contribution >= 4 is 11.8 Å². The van der Waals surface area contributed by atoms with Crippen LogP contribution in [0.1, 0.15) is 78.9 Å². The Morgan fingerprint density at radius 3 is 2.52 bits per heavy atom. The second-order valence-corrected chi connectivity index (χ2v) is 8.44. The van der Waals surface area contributed by atoms with Gasteiger partial charge in [-0.1, -0.05) is 18.2 Å². The lowest BCUT2D eigenvalue weighted by Gasteiger charge is -2.34. The fraction of sp³-hybridized carbons (Fsp3) is 0.545. The molecule has 3 aliphatic rings. The van der Waals surface area contributed by atoms with Gasteiger partial charge in [0.25, 0.3) is 5.91 Å². The summed E-state index contributed by atoms with van der Waals surface area (Å²) in [6.07, 6.45) is 7.31. The molecule has 7 heteroatoms. The lowest BCUT2D eigenvalue weighted by molar-refractivity contribution is -0.126. The summed E-state index contributed by atoms with van der Waals surface area (Å²) in [6.45, 7) is 0.995. The Hall–Kier alpha value is -2.70. The maximum atomic E-state index is 13.0. The molecule has 1 atom stereocenters. The number of aromatic nitrogens is 3. The molecule has 2 saturated carbocycles. The van der Waals surface area contributed by atoms with Crippen LogP contribution in [0, 0.1) is 0 Å². The van der Waals surface area contributed by atoms with Crippen LogP contribution in [0.5, 0.6) is 0 Å². The number of nitrogens with zero attached hydrogens (tertiary/aromatic N) is 4. The van der Waals surface area contributed by atoms with E-state index in [2.05, 4.69) is 20.1 Å². The smallest absolute Gasteiger partial charge is 0.254 e. The maximum Gasteiger partial charge on any atom is 0.254 e. The van der Waals surface area contributed by atoms with Gasteiger partial charge in [0, 0.05) is 24.1 Å². The number of nitrogens with one attached hydrogen (secondary N) is 1. The minimum absolute atomic E-state index is 0.0670. The van der Waals surface area contributed by atoms with Crippen molar-refractivity contribution < 1.29 is 9.59 Å². The average Bonchev–Trinajstić information content (AvgIpc) is 3.71. The quantitative estimate of drug-likeness (QED) is 0.818. The SMILES string of the molecule is O=C(NCc1nnc(C2CC2)n1C1CC1)C1CCCCN1C(=O)c1ccccc1. The fourth-order valence-corrected chi connectivity index (χ4v) is 4.29. The van der Waals surface area contributed by atoms with Crippen LogP contribution < -0.4 is 5.32 Å². The van der Waals surface area contributed by atoms with Crippen LogP contribution in [-0.4, -0.2) is 44.1 Å². The van der Waals surface area contributed by atoms with Gasteiger partial charge in [0.1, 0.15) is 11.9 Å². The fourth-order valence-electron chi connectivity index (χ4n) is 4.29. The van der Waals surface area contributed by atoms with Gasteiger partial charge in [0.05, 0.1) is 6.54 Å². The molecule has 1 unspecified atom stereocenters. The van der Waals surface area contributed by atoms with Crippen molar-refractivity contribution in [2.45, 2.75) is 69.5 Å². The van der Waals surface area contributed by atoms with Crippen LogP contribution in [0.25, 0.3) is 0 Å². The second-order valence-electron chi connectivity index (χ2n) is 8.44. The van der Waals surface area contributed by atoms with Gasteiger partial charge >= 0.3 is 0 Å². The zero-order valence-corrected chi connectivity index (χ0v) is 16.6. The third-order valence-electron chi connectivity index (χ3n) is 6.16. The molecule has 1 aromatic heterocycles. The van der Waals surface area contributed by atoms with E-state index in [0.717, 1.165) is 24.5 Å². The monoisotopic (exact) mass is 393 g/mol. The summed E-state index contributed by atoms with van der Waals surface area (Å²) >= 11 is 0. The van der Waals surface area contributed by atoms with Crippen LogP contribution in [0.15, 0.2) is 30.3 Å². The first kappa shape index (κ1) is 18.3. The summed E-state index contributed by atoms with van der Waals surface area (Å²) in [6, 6.07) is 9.30. The van der Waals surface area contributed by atoms with E-state index in [9.17, 15) is 9.59 Å². The van der Waals surface area contributed by atoms with E-state index in [-0.39, 0.29) is 11.8 Å². The summed E-state index contributed by atoms with van der Waals surface area (Å²) in [7, 11) is 0. The Labute approximate surface area is 170 Å². The molecule has 0 spiro atoms. The molecule has 2 amide bonds. The van der Waals surface area contributed by atoms with Crippen LogP contribution in [0.4, 0.5) is 0 Å². The first-order chi connectivity index (χ1) is 14.2. The number of piperidine rings is 1.